The van der Waals surface area contributed by atoms with E-state index < -0.39 is 0 Å². The Morgan fingerprint density at radius 2 is 1.57 bits per heavy atom. The fraction of sp³-hybridized carbons (Fsp3) is 0.273. The summed E-state index contributed by atoms with van der Waals surface area (Å²) >= 11 is 6.85. The van der Waals surface area contributed by atoms with Crippen molar-refractivity contribution in [2.75, 3.05) is 0 Å². The highest BCUT2D eigenvalue weighted by atomic mass is 79.9. The highest BCUT2D eigenvalue weighted by molar-refractivity contribution is 9.11. The lowest BCUT2D eigenvalue weighted by Gasteiger charge is -2.08. The van der Waals surface area contributed by atoms with Crippen LogP contribution in [-0.4, -0.2) is 19.5 Å². The fourth-order valence-electron chi connectivity index (χ4n) is 3.14. The Labute approximate surface area is 190 Å². The molecule has 4 aromatic heterocycles. The summed E-state index contributed by atoms with van der Waals surface area (Å²) in [6, 6.07) is 3.66. The van der Waals surface area contributed by atoms with Gasteiger partial charge >= 0.3 is 0 Å². The summed E-state index contributed by atoms with van der Waals surface area (Å²) in [5.74, 6) is 0. The number of nitrogens with one attached hydrogen (secondary N) is 1. The summed E-state index contributed by atoms with van der Waals surface area (Å²) < 4.78 is 3.61. The summed E-state index contributed by atoms with van der Waals surface area (Å²) in [6.07, 6.45) is 14.7. The minimum Gasteiger partial charge on any atom is -0.327 e. The standard InChI is InChI=1S/C14H17BrN2O.C8H5BrN2O/c1-2-3-4-5-8-17-10-13(15)11-6-7-16-9-12(11)14(17)18;9-7-4-11-8(12)6-3-10-2-1-5(6)7/h6-7,9-10H,2-5,8H2,1H3;1-4H,(H,11,12). The Morgan fingerprint density at radius 3 is 2.23 bits per heavy atom. The van der Waals surface area contributed by atoms with Crippen molar-refractivity contribution in [1.29, 1.82) is 0 Å². The minimum absolute atomic E-state index is 0.0535. The number of fused-ring (bicyclic) bond motifs is 2. The molecule has 0 aliphatic heterocycles. The van der Waals surface area contributed by atoms with Crippen molar-refractivity contribution in [3.63, 3.8) is 0 Å². The van der Waals surface area contributed by atoms with Crippen molar-refractivity contribution in [2.45, 2.75) is 39.2 Å². The van der Waals surface area contributed by atoms with Crippen LogP contribution in [0.5, 0.6) is 0 Å². The zero-order chi connectivity index (χ0) is 21.5. The first-order chi connectivity index (χ1) is 14.5. The Kier molecular flexibility index (Phi) is 7.93. The molecule has 0 saturated heterocycles. The number of nitrogens with zero attached hydrogens (tertiary/aromatic N) is 3. The van der Waals surface area contributed by atoms with E-state index in [-0.39, 0.29) is 11.1 Å². The summed E-state index contributed by atoms with van der Waals surface area (Å²) in [4.78, 5) is 34.0. The summed E-state index contributed by atoms with van der Waals surface area (Å²) in [5.41, 5.74) is -0.0564. The number of aromatic amines is 1. The third-order valence-corrected chi connectivity index (χ3v) is 6.03. The van der Waals surface area contributed by atoms with Crippen LogP contribution in [0.4, 0.5) is 0 Å². The molecule has 0 atom stereocenters. The number of aromatic nitrogens is 4. The Hall–Kier alpha value is -2.32. The van der Waals surface area contributed by atoms with E-state index in [0.29, 0.717) is 10.8 Å². The van der Waals surface area contributed by atoms with E-state index in [2.05, 4.69) is 53.7 Å². The van der Waals surface area contributed by atoms with Crippen molar-refractivity contribution in [1.82, 2.24) is 19.5 Å². The van der Waals surface area contributed by atoms with Crippen molar-refractivity contribution in [3.8, 4) is 0 Å². The molecule has 0 saturated carbocycles. The molecule has 0 spiro atoms. The van der Waals surface area contributed by atoms with Gasteiger partial charge < -0.3 is 9.55 Å². The molecule has 4 aromatic rings. The number of halogens is 2. The van der Waals surface area contributed by atoms with Crippen molar-refractivity contribution in [2.24, 2.45) is 0 Å². The van der Waals surface area contributed by atoms with Crippen LogP contribution in [-0.2, 0) is 6.54 Å². The SMILES string of the molecule is CCCCCCn1cc(Br)c2ccncc2c1=O.O=c1[nH]cc(Br)c2ccncc12. The van der Waals surface area contributed by atoms with Gasteiger partial charge in [0.2, 0.25) is 0 Å². The monoisotopic (exact) mass is 532 g/mol. The Morgan fingerprint density at radius 1 is 0.900 bits per heavy atom. The van der Waals surface area contributed by atoms with E-state index in [4.69, 9.17) is 0 Å². The van der Waals surface area contributed by atoms with Crippen LogP contribution in [0.2, 0.25) is 0 Å². The van der Waals surface area contributed by atoms with Crippen molar-refractivity contribution < 1.29 is 0 Å². The van der Waals surface area contributed by atoms with E-state index in [0.717, 1.165) is 32.7 Å². The van der Waals surface area contributed by atoms with Gasteiger partial charge in [-0.3, -0.25) is 19.6 Å². The van der Waals surface area contributed by atoms with Crippen LogP contribution in [0.1, 0.15) is 32.6 Å². The number of aryl methyl sites for hydroxylation is 1. The van der Waals surface area contributed by atoms with Gasteiger partial charge in [0.05, 0.1) is 10.8 Å². The second-order valence-electron chi connectivity index (χ2n) is 6.84. The number of pyridine rings is 4. The molecular weight excluding hydrogens is 512 g/mol. The van der Waals surface area contributed by atoms with Crippen LogP contribution in [0, 0.1) is 0 Å². The molecule has 1 N–H and O–H groups in total. The van der Waals surface area contributed by atoms with Gasteiger partial charge in [0.15, 0.2) is 0 Å². The third kappa shape index (κ3) is 5.23. The van der Waals surface area contributed by atoms with Gasteiger partial charge in [0.25, 0.3) is 11.1 Å². The van der Waals surface area contributed by atoms with Gasteiger partial charge in [-0.05, 0) is 50.4 Å². The third-order valence-electron chi connectivity index (χ3n) is 4.74. The van der Waals surface area contributed by atoms with Crippen LogP contribution in [0.15, 0.2) is 67.8 Å². The first-order valence-corrected chi connectivity index (χ1v) is 11.3. The first kappa shape index (κ1) is 22.4. The normalized spacial score (nSPS) is 10.8. The van der Waals surface area contributed by atoms with Gasteiger partial charge in [0.1, 0.15) is 0 Å². The van der Waals surface area contributed by atoms with Crippen LogP contribution in [0.25, 0.3) is 21.5 Å². The lowest BCUT2D eigenvalue weighted by atomic mass is 10.2. The largest absolute Gasteiger partial charge is 0.327 e. The van der Waals surface area contributed by atoms with Gasteiger partial charge in [-0.1, -0.05) is 26.2 Å². The maximum absolute atomic E-state index is 12.2. The number of hydrogen-bond acceptors (Lipinski definition) is 4. The quantitative estimate of drug-likeness (QED) is 0.347. The molecule has 0 radical (unpaired) electrons. The highest BCUT2D eigenvalue weighted by Gasteiger charge is 2.06. The topological polar surface area (TPSA) is 80.6 Å². The van der Waals surface area contributed by atoms with Crippen molar-refractivity contribution >= 4 is 53.4 Å². The molecule has 8 heteroatoms. The van der Waals surface area contributed by atoms with E-state index in [1.54, 1.807) is 41.6 Å². The minimum atomic E-state index is -0.110. The molecule has 4 rings (SSSR count). The predicted molar refractivity (Wildman–Crippen MR) is 128 cm³/mol. The van der Waals surface area contributed by atoms with Crippen molar-refractivity contribution in [3.05, 3.63) is 79.0 Å². The van der Waals surface area contributed by atoms with E-state index >= 15 is 0 Å². The maximum atomic E-state index is 12.2. The molecule has 0 amide bonds. The molecule has 6 nitrogen and oxygen atoms in total. The lowest BCUT2D eigenvalue weighted by Crippen LogP contribution is -2.20. The molecule has 0 bridgehead atoms. The van der Waals surface area contributed by atoms with E-state index in [9.17, 15) is 9.59 Å². The maximum Gasteiger partial charge on any atom is 0.260 e. The second-order valence-corrected chi connectivity index (χ2v) is 8.55. The zero-order valence-electron chi connectivity index (χ0n) is 16.6. The van der Waals surface area contributed by atoms with Gasteiger partial charge in [-0.15, -0.1) is 0 Å². The molecule has 4 heterocycles. The van der Waals surface area contributed by atoms with E-state index in [1.807, 2.05) is 12.3 Å². The van der Waals surface area contributed by atoms with Crippen LogP contribution >= 0.6 is 31.9 Å². The molecule has 0 fully saturated rings. The molecule has 0 aliphatic carbocycles. The average Bonchev–Trinajstić information content (AvgIpc) is 2.78. The summed E-state index contributed by atoms with van der Waals surface area (Å²) in [6.45, 7) is 2.97. The fourth-order valence-corrected chi connectivity index (χ4v) is 4.19. The molecule has 0 aliphatic rings. The number of hydrogen-bond donors (Lipinski definition) is 1. The number of rotatable bonds is 5. The molecule has 0 aromatic carbocycles. The smallest absolute Gasteiger partial charge is 0.260 e. The zero-order valence-corrected chi connectivity index (χ0v) is 19.7. The lowest BCUT2D eigenvalue weighted by molar-refractivity contribution is 0.572. The van der Waals surface area contributed by atoms with Gasteiger partial charge in [0, 0.05) is 63.4 Å². The van der Waals surface area contributed by atoms with Gasteiger partial charge in [-0.2, -0.15) is 0 Å². The van der Waals surface area contributed by atoms with Gasteiger partial charge in [-0.25, -0.2) is 0 Å². The first-order valence-electron chi connectivity index (χ1n) is 9.76. The molecule has 30 heavy (non-hydrogen) atoms. The predicted octanol–water partition coefficient (Wildman–Crippen LogP) is 5.42. The average molecular weight is 534 g/mol. The summed E-state index contributed by atoms with van der Waals surface area (Å²) in [7, 11) is 0. The highest BCUT2D eigenvalue weighted by Crippen LogP contribution is 2.20. The van der Waals surface area contributed by atoms with Crippen LogP contribution < -0.4 is 11.1 Å². The Balaban J connectivity index is 0.000000184. The number of unbranched alkanes of at least 4 members (excludes halogenated alkanes) is 3. The van der Waals surface area contributed by atoms with Crippen LogP contribution in [0.3, 0.4) is 0 Å². The molecule has 0 unspecified atom stereocenters. The Bertz CT molecular complexity index is 1270. The molecular formula is C22H22Br2N4O2. The number of H-pyrrole nitrogens is 1. The summed E-state index contributed by atoms with van der Waals surface area (Å²) in [5, 5.41) is 3.10. The second kappa shape index (κ2) is 10.6. The molecule has 156 valence electrons. The van der Waals surface area contributed by atoms with E-state index in [1.165, 1.54) is 19.3 Å².